The highest BCUT2D eigenvalue weighted by molar-refractivity contribution is 5.92. The van der Waals surface area contributed by atoms with Crippen LogP contribution < -0.4 is 0 Å². The van der Waals surface area contributed by atoms with E-state index in [9.17, 15) is 22.8 Å². The van der Waals surface area contributed by atoms with Crippen molar-refractivity contribution in [2.24, 2.45) is 5.92 Å². The van der Waals surface area contributed by atoms with Gasteiger partial charge in [-0.2, -0.15) is 13.2 Å². The fraction of sp³-hybridized carbons (Fsp3) is 0.433. The molecule has 0 N–H and O–H groups in total. The zero-order valence-electron chi connectivity index (χ0n) is 23.0. The lowest BCUT2D eigenvalue weighted by Gasteiger charge is -2.30. The standard InChI is InChI=1S/C30H34F3N3O4/c1-4-39-29(38)23-8-6-12-36(17-23)28(37)26-19-40-27(34-26)18-35(16-24-13-20(2)10-11-21(24)3)15-22-7-5-9-25(14-22)30(31,32)33/h5,7,9-11,13-14,19,23H,4,6,8,12,15-18H2,1-3H3. The number of carbonyl (C=O) groups is 2. The summed E-state index contributed by atoms with van der Waals surface area (Å²) in [4.78, 5) is 33.3. The quantitative estimate of drug-likeness (QED) is 0.304. The summed E-state index contributed by atoms with van der Waals surface area (Å²) in [5.74, 6) is -0.732. The van der Waals surface area contributed by atoms with Crippen LogP contribution in [0.2, 0.25) is 0 Å². The molecule has 1 aliphatic heterocycles. The van der Waals surface area contributed by atoms with Crippen LogP contribution in [0.25, 0.3) is 0 Å². The van der Waals surface area contributed by atoms with Crippen LogP contribution in [0, 0.1) is 19.8 Å². The van der Waals surface area contributed by atoms with Crippen LogP contribution in [0.4, 0.5) is 13.2 Å². The minimum atomic E-state index is -4.44. The van der Waals surface area contributed by atoms with E-state index in [1.54, 1.807) is 17.9 Å². The number of aryl methyl sites for hydroxylation is 2. The van der Waals surface area contributed by atoms with Crippen LogP contribution in [0.15, 0.2) is 53.1 Å². The maximum atomic E-state index is 13.3. The fourth-order valence-corrected chi connectivity index (χ4v) is 4.93. The number of hydrogen-bond acceptors (Lipinski definition) is 6. The maximum absolute atomic E-state index is 13.3. The van der Waals surface area contributed by atoms with Gasteiger partial charge in [0.25, 0.3) is 5.91 Å². The number of carbonyl (C=O) groups excluding carboxylic acids is 2. The number of piperidine rings is 1. The Labute approximate surface area is 231 Å². The van der Waals surface area contributed by atoms with E-state index in [-0.39, 0.29) is 55.6 Å². The van der Waals surface area contributed by atoms with E-state index in [4.69, 9.17) is 9.15 Å². The average molecular weight is 558 g/mol. The van der Waals surface area contributed by atoms with Gasteiger partial charge in [-0.05, 0) is 56.4 Å². The number of amides is 1. The monoisotopic (exact) mass is 557 g/mol. The van der Waals surface area contributed by atoms with E-state index in [0.717, 1.165) is 28.8 Å². The van der Waals surface area contributed by atoms with Crippen molar-refractivity contribution in [2.45, 2.75) is 59.4 Å². The van der Waals surface area contributed by atoms with Gasteiger partial charge in [0.05, 0.1) is 24.6 Å². The van der Waals surface area contributed by atoms with Crippen LogP contribution in [-0.4, -0.2) is 46.4 Å². The number of oxazole rings is 1. The van der Waals surface area contributed by atoms with Crippen molar-refractivity contribution < 1.29 is 31.9 Å². The number of rotatable bonds is 9. The number of halogens is 3. The molecule has 0 aliphatic carbocycles. The van der Waals surface area contributed by atoms with Gasteiger partial charge in [0.1, 0.15) is 6.26 Å². The van der Waals surface area contributed by atoms with Gasteiger partial charge >= 0.3 is 12.1 Å². The van der Waals surface area contributed by atoms with E-state index in [1.807, 2.05) is 30.9 Å². The molecular weight excluding hydrogens is 523 g/mol. The van der Waals surface area contributed by atoms with Crippen LogP contribution in [0.1, 0.15) is 64.0 Å². The molecule has 4 rings (SSSR count). The molecule has 10 heteroatoms. The van der Waals surface area contributed by atoms with Crippen LogP contribution >= 0.6 is 0 Å². The third-order valence-corrected chi connectivity index (χ3v) is 7.02. The third kappa shape index (κ3) is 7.50. The average Bonchev–Trinajstić information content (AvgIpc) is 3.38. The highest BCUT2D eigenvalue weighted by atomic mass is 19.4. The molecular formula is C30H34F3N3O4. The molecule has 40 heavy (non-hydrogen) atoms. The summed E-state index contributed by atoms with van der Waals surface area (Å²) in [5, 5.41) is 0. The first kappa shape index (κ1) is 29.3. The minimum Gasteiger partial charge on any atom is -0.466 e. The van der Waals surface area contributed by atoms with E-state index in [2.05, 4.69) is 11.1 Å². The molecule has 1 atom stereocenters. The second kappa shape index (κ2) is 12.7. The van der Waals surface area contributed by atoms with Crippen molar-refractivity contribution >= 4 is 11.9 Å². The molecule has 0 bridgehead atoms. The summed E-state index contributed by atoms with van der Waals surface area (Å²) in [5.41, 5.74) is 3.10. The molecule has 7 nitrogen and oxygen atoms in total. The molecule has 1 amide bonds. The summed E-state index contributed by atoms with van der Waals surface area (Å²) < 4.78 is 50.8. The zero-order valence-corrected chi connectivity index (χ0v) is 23.0. The first-order chi connectivity index (χ1) is 19.0. The number of alkyl halides is 3. The van der Waals surface area contributed by atoms with E-state index in [1.165, 1.54) is 12.3 Å². The van der Waals surface area contributed by atoms with E-state index in [0.29, 0.717) is 31.5 Å². The predicted molar refractivity (Wildman–Crippen MR) is 142 cm³/mol. The second-order valence-electron chi connectivity index (χ2n) is 10.2. The Hall–Kier alpha value is -3.66. The molecule has 214 valence electrons. The van der Waals surface area contributed by atoms with Gasteiger partial charge in [-0.25, -0.2) is 4.98 Å². The van der Waals surface area contributed by atoms with Crippen molar-refractivity contribution in [2.75, 3.05) is 19.7 Å². The Morgan fingerprint density at radius 2 is 1.93 bits per heavy atom. The number of hydrogen-bond donors (Lipinski definition) is 0. The van der Waals surface area contributed by atoms with Crippen molar-refractivity contribution in [3.8, 4) is 0 Å². The second-order valence-corrected chi connectivity index (χ2v) is 10.2. The van der Waals surface area contributed by atoms with Gasteiger partial charge in [-0.1, -0.05) is 42.0 Å². The Bertz CT molecular complexity index is 1340. The third-order valence-electron chi connectivity index (χ3n) is 7.02. The normalized spacial score (nSPS) is 15.9. The number of benzene rings is 2. The molecule has 3 aromatic rings. The fourth-order valence-electron chi connectivity index (χ4n) is 4.93. The predicted octanol–water partition coefficient (Wildman–Crippen LogP) is 5.93. The van der Waals surface area contributed by atoms with Crippen molar-refractivity contribution in [3.05, 3.63) is 88.1 Å². The minimum absolute atomic E-state index is 0.130. The smallest absolute Gasteiger partial charge is 0.416 e. The summed E-state index contributed by atoms with van der Waals surface area (Å²) in [6.45, 7) is 7.62. The lowest BCUT2D eigenvalue weighted by atomic mass is 9.98. The Morgan fingerprint density at radius 1 is 1.12 bits per heavy atom. The molecule has 1 aliphatic rings. The highest BCUT2D eigenvalue weighted by Gasteiger charge is 2.32. The largest absolute Gasteiger partial charge is 0.466 e. The van der Waals surface area contributed by atoms with Gasteiger partial charge in [-0.3, -0.25) is 14.5 Å². The van der Waals surface area contributed by atoms with Gasteiger partial charge < -0.3 is 14.1 Å². The van der Waals surface area contributed by atoms with Crippen molar-refractivity contribution in [3.63, 3.8) is 0 Å². The number of aromatic nitrogens is 1. The Balaban J connectivity index is 1.52. The molecule has 1 fully saturated rings. The molecule has 2 heterocycles. The summed E-state index contributed by atoms with van der Waals surface area (Å²) in [6.07, 6.45) is -1.80. The van der Waals surface area contributed by atoms with Crippen LogP contribution in [0.3, 0.4) is 0 Å². The molecule has 1 unspecified atom stereocenters. The first-order valence-electron chi connectivity index (χ1n) is 13.4. The topological polar surface area (TPSA) is 75.9 Å². The first-order valence-corrected chi connectivity index (χ1v) is 13.4. The lowest BCUT2D eigenvalue weighted by Crippen LogP contribution is -2.43. The van der Waals surface area contributed by atoms with Gasteiger partial charge in [0.2, 0.25) is 5.89 Å². The number of likely N-dealkylation sites (tertiary alicyclic amines) is 1. The van der Waals surface area contributed by atoms with Crippen molar-refractivity contribution in [1.29, 1.82) is 0 Å². The van der Waals surface area contributed by atoms with Gasteiger partial charge in [0.15, 0.2) is 5.69 Å². The van der Waals surface area contributed by atoms with E-state index < -0.39 is 11.7 Å². The Morgan fingerprint density at radius 3 is 2.67 bits per heavy atom. The zero-order chi connectivity index (χ0) is 28.9. The Kier molecular flexibility index (Phi) is 9.29. The molecule has 1 saturated heterocycles. The molecule has 0 saturated carbocycles. The van der Waals surface area contributed by atoms with E-state index >= 15 is 0 Å². The molecule has 1 aromatic heterocycles. The molecule has 0 spiro atoms. The summed E-state index contributed by atoms with van der Waals surface area (Å²) in [7, 11) is 0. The van der Waals surface area contributed by atoms with Crippen LogP contribution in [-0.2, 0) is 35.3 Å². The highest BCUT2D eigenvalue weighted by Crippen LogP contribution is 2.30. The molecule has 0 radical (unpaired) electrons. The number of esters is 1. The summed E-state index contributed by atoms with van der Waals surface area (Å²) >= 11 is 0. The van der Waals surface area contributed by atoms with Gasteiger partial charge in [0, 0.05) is 26.2 Å². The molecule has 2 aromatic carbocycles. The van der Waals surface area contributed by atoms with Crippen molar-refractivity contribution in [1.82, 2.24) is 14.8 Å². The maximum Gasteiger partial charge on any atom is 0.416 e. The summed E-state index contributed by atoms with van der Waals surface area (Å²) in [6, 6.07) is 11.3. The number of nitrogens with zero attached hydrogens (tertiary/aromatic N) is 3. The number of ether oxygens (including phenoxy) is 1. The lowest BCUT2D eigenvalue weighted by molar-refractivity contribution is -0.149. The van der Waals surface area contributed by atoms with Gasteiger partial charge in [-0.15, -0.1) is 0 Å². The SMILES string of the molecule is CCOC(=O)C1CCCN(C(=O)c2coc(CN(Cc3cccc(C(F)(F)F)c3)Cc3cc(C)ccc3C)n2)C1. The van der Waals surface area contributed by atoms with Crippen LogP contribution in [0.5, 0.6) is 0 Å².